The maximum absolute atomic E-state index is 13.0. The van der Waals surface area contributed by atoms with Gasteiger partial charge in [-0.1, -0.05) is 488 Å². The van der Waals surface area contributed by atoms with E-state index < -0.39 is 24.3 Å². The molecule has 0 N–H and O–H groups in total. The van der Waals surface area contributed by atoms with Crippen LogP contribution in [0.5, 0.6) is 0 Å². The standard InChI is InChI=1S/C96H187NO8/c1-6-8-10-12-14-16-18-20-22-24-26-28-30-32-34-36-38-40-42-44-46-47-49-50-52-54-56-58-60-62-64-66-68-70-72-74-76-78-80-82-84-86-93(98)103-90-92(91-104-96(95(100)101)102-89-88-97(3,4)5)105-94(99)87-85-83-81-79-77-75-73-71-69-67-65-63-61-59-57-55-53-51-48-45-43-41-39-37-35-33-31-29-27-25-23-21-19-17-15-13-11-9-7-2/h25,27,92,96H,6-24,26,28-91H2,1-5H3/b27-25-. The van der Waals surface area contributed by atoms with Gasteiger partial charge in [-0.3, -0.25) is 9.59 Å². The van der Waals surface area contributed by atoms with Crippen molar-refractivity contribution in [1.82, 2.24) is 0 Å². The first-order valence-corrected chi connectivity index (χ1v) is 47.8. The summed E-state index contributed by atoms with van der Waals surface area (Å²) < 4.78 is 23.0. The number of carbonyl (C=O) groups is 3. The molecule has 0 amide bonds. The average molecular weight is 1480 g/mol. The van der Waals surface area contributed by atoms with Crippen molar-refractivity contribution in [3.63, 3.8) is 0 Å². The molecule has 2 unspecified atom stereocenters. The minimum atomic E-state index is -1.62. The van der Waals surface area contributed by atoms with Gasteiger partial charge < -0.3 is 33.3 Å². The molecule has 105 heavy (non-hydrogen) atoms. The first kappa shape index (κ1) is 103. The molecule has 0 fully saturated rings. The number of nitrogens with zero attached hydrogens (tertiary/aromatic N) is 1. The van der Waals surface area contributed by atoms with Gasteiger partial charge in [0, 0.05) is 12.8 Å². The van der Waals surface area contributed by atoms with Gasteiger partial charge in [0.25, 0.3) is 0 Å². The Bertz CT molecular complexity index is 1730. The Morgan fingerprint density at radius 2 is 0.486 bits per heavy atom. The van der Waals surface area contributed by atoms with Gasteiger partial charge >= 0.3 is 11.9 Å². The Kier molecular flexibility index (Phi) is 86.0. The van der Waals surface area contributed by atoms with Crippen LogP contribution in [-0.2, 0) is 33.3 Å². The maximum Gasteiger partial charge on any atom is 0.306 e. The number of hydrogen-bond acceptors (Lipinski definition) is 8. The molecule has 0 saturated heterocycles. The highest BCUT2D eigenvalue weighted by atomic mass is 16.7. The molecule has 624 valence electrons. The van der Waals surface area contributed by atoms with Gasteiger partial charge in [0.05, 0.1) is 40.3 Å². The molecule has 0 heterocycles. The number of carboxylic acids is 1. The SMILES string of the molecule is CCCCCCCCCC/C=C\CCCCCCCCCCCCCCCCCCCCCCCCCCCCCC(=O)OC(COC(=O)CCCCCCCCCCCCCCCCCCCCCCCCCCCCCCCCCCCCCCCCCCC)COC(OCC[N+](C)(C)C)C(=O)[O-]. The molecule has 0 aliphatic carbocycles. The number of unbranched alkanes of at least 4 members (excludes halogenated alkanes) is 75. The number of aliphatic carboxylic acids is 1. The molecule has 0 bridgehead atoms. The van der Waals surface area contributed by atoms with Crippen molar-refractivity contribution >= 4 is 17.9 Å². The zero-order valence-corrected chi connectivity index (χ0v) is 71.9. The Morgan fingerprint density at radius 3 is 0.705 bits per heavy atom. The van der Waals surface area contributed by atoms with Crippen molar-refractivity contribution in [2.75, 3.05) is 47.5 Å². The molecule has 0 aliphatic heterocycles. The lowest BCUT2D eigenvalue weighted by atomic mass is 10.0. The van der Waals surface area contributed by atoms with E-state index in [4.69, 9.17) is 18.9 Å². The quantitative estimate of drug-likeness (QED) is 0.0195. The summed E-state index contributed by atoms with van der Waals surface area (Å²) in [5.74, 6) is -2.24. The Balaban J connectivity index is 3.84. The van der Waals surface area contributed by atoms with Crippen molar-refractivity contribution in [1.29, 1.82) is 0 Å². The molecule has 0 aromatic heterocycles. The number of rotatable bonds is 92. The molecule has 0 rings (SSSR count). The first-order valence-electron chi connectivity index (χ1n) is 47.8. The predicted molar refractivity (Wildman–Crippen MR) is 454 cm³/mol. The van der Waals surface area contributed by atoms with E-state index in [9.17, 15) is 19.5 Å². The molecular formula is C96H187NO8. The highest BCUT2D eigenvalue weighted by Gasteiger charge is 2.22. The number of quaternary nitrogens is 1. The molecule has 0 aromatic carbocycles. The lowest BCUT2D eigenvalue weighted by molar-refractivity contribution is -0.870. The van der Waals surface area contributed by atoms with Crippen LogP contribution in [0.2, 0.25) is 0 Å². The van der Waals surface area contributed by atoms with E-state index in [0.717, 1.165) is 38.5 Å². The normalized spacial score (nSPS) is 12.5. The highest BCUT2D eigenvalue weighted by molar-refractivity contribution is 5.70. The number of ether oxygens (including phenoxy) is 4. The topological polar surface area (TPSA) is 111 Å². The maximum atomic E-state index is 13.0. The second-order valence-corrected chi connectivity index (χ2v) is 34.4. The third kappa shape index (κ3) is 89.1. The zero-order valence-electron chi connectivity index (χ0n) is 71.9. The summed E-state index contributed by atoms with van der Waals surface area (Å²) in [6.07, 6.45) is 110. The van der Waals surface area contributed by atoms with Crippen molar-refractivity contribution in [2.45, 2.75) is 540 Å². The Labute approximate surface area is 656 Å². The molecule has 9 nitrogen and oxygen atoms in total. The summed E-state index contributed by atoms with van der Waals surface area (Å²) in [5.41, 5.74) is 0. The second kappa shape index (κ2) is 87.6. The van der Waals surface area contributed by atoms with Crippen LogP contribution in [0.15, 0.2) is 12.2 Å². The van der Waals surface area contributed by atoms with Gasteiger partial charge in [0.15, 0.2) is 12.4 Å². The van der Waals surface area contributed by atoms with Crippen molar-refractivity contribution in [3.8, 4) is 0 Å². The van der Waals surface area contributed by atoms with Gasteiger partial charge in [-0.15, -0.1) is 0 Å². The summed E-state index contributed by atoms with van der Waals surface area (Å²) in [4.78, 5) is 37.7. The fraction of sp³-hybridized carbons (Fsp3) is 0.948. The largest absolute Gasteiger partial charge is 0.545 e. The zero-order chi connectivity index (χ0) is 76.0. The Hall–Kier alpha value is -1.97. The third-order valence-electron chi connectivity index (χ3n) is 22.5. The first-order chi connectivity index (χ1) is 51.6. The number of carbonyl (C=O) groups excluding carboxylic acids is 3. The second-order valence-electron chi connectivity index (χ2n) is 34.4. The lowest BCUT2D eigenvalue weighted by Gasteiger charge is -2.26. The van der Waals surface area contributed by atoms with Gasteiger partial charge in [0.1, 0.15) is 13.2 Å². The van der Waals surface area contributed by atoms with Gasteiger partial charge in [-0.2, -0.15) is 0 Å². The fourth-order valence-electron chi connectivity index (χ4n) is 15.3. The number of likely N-dealkylation sites (N-methyl/N-ethyl adjacent to an activating group) is 1. The van der Waals surface area contributed by atoms with E-state index in [1.54, 1.807) is 0 Å². The van der Waals surface area contributed by atoms with Gasteiger partial charge in [-0.05, 0) is 38.5 Å². The minimum Gasteiger partial charge on any atom is -0.545 e. The Morgan fingerprint density at radius 1 is 0.276 bits per heavy atom. The van der Waals surface area contributed by atoms with Crippen molar-refractivity contribution in [3.05, 3.63) is 12.2 Å². The van der Waals surface area contributed by atoms with Crippen LogP contribution in [0.3, 0.4) is 0 Å². The fourth-order valence-corrected chi connectivity index (χ4v) is 15.3. The minimum absolute atomic E-state index is 0.153. The molecule has 2 atom stereocenters. The van der Waals surface area contributed by atoms with Crippen molar-refractivity contribution < 1.29 is 42.9 Å². The van der Waals surface area contributed by atoms with E-state index in [-0.39, 0.29) is 32.2 Å². The lowest BCUT2D eigenvalue weighted by Crippen LogP contribution is -2.44. The smallest absolute Gasteiger partial charge is 0.306 e. The number of carboxylic acid groups (broad SMARTS) is 1. The monoisotopic (exact) mass is 1480 g/mol. The van der Waals surface area contributed by atoms with Gasteiger partial charge in [0.2, 0.25) is 0 Å². The molecule has 9 heteroatoms. The predicted octanol–water partition coefficient (Wildman–Crippen LogP) is 30.1. The van der Waals surface area contributed by atoms with Crippen molar-refractivity contribution in [2.24, 2.45) is 0 Å². The van der Waals surface area contributed by atoms with Crippen LogP contribution in [0, 0.1) is 0 Å². The van der Waals surface area contributed by atoms with Crippen LogP contribution in [0.4, 0.5) is 0 Å². The van der Waals surface area contributed by atoms with Crippen LogP contribution >= 0.6 is 0 Å². The van der Waals surface area contributed by atoms with E-state index in [1.165, 1.54) is 462 Å². The molecule has 0 aromatic rings. The van der Waals surface area contributed by atoms with Crippen LogP contribution in [0.25, 0.3) is 0 Å². The van der Waals surface area contributed by atoms with Gasteiger partial charge in [-0.25, -0.2) is 0 Å². The molecule has 0 spiro atoms. The average Bonchev–Trinajstić information content (AvgIpc) is 1.97. The third-order valence-corrected chi connectivity index (χ3v) is 22.5. The number of esters is 2. The molecule has 0 radical (unpaired) electrons. The number of allylic oxidation sites excluding steroid dienone is 2. The highest BCUT2D eigenvalue weighted by Crippen LogP contribution is 2.22. The molecular weight excluding hydrogens is 1300 g/mol. The summed E-state index contributed by atoms with van der Waals surface area (Å²) in [7, 11) is 5.97. The number of hydrogen-bond donors (Lipinski definition) is 0. The van der Waals surface area contributed by atoms with Crippen LogP contribution in [0.1, 0.15) is 528 Å². The summed E-state index contributed by atoms with van der Waals surface area (Å²) in [6.45, 7) is 4.86. The van der Waals surface area contributed by atoms with E-state index in [1.807, 2.05) is 21.1 Å². The summed E-state index contributed by atoms with van der Waals surface area (Å²) in [6, 6.07) is 0. The summed E-state index contributed by atoms with van der Waals surface area (Å²) >= 11 is 0. The molecule has 0 saturated carbocycles. The summed E-state index contributed by atoms with van der Waals surface area (Å²) in [5, 5.41) is 11.9. The van der Waals surface area contributed by atoms with E-state index >= 15 is 0 Å². The van der Waals surface area contributed by atoms with E-state index in [0.29, 0.717) is 17.4 Å². The molecule has 0 aliphatic rings. The van der Waals surface area contributed by atoms with Crippen LogP contribution < -0.4 is 5.11 Å². The van der Waals surface area contributed by atoms with E-state index in [2.05, 4.69) is 26.0 Å². The van der Waals surface area contributed by atoms with Crippen LogP contribution in [-0.4, -0.2) is 82.3 Å².